The number of ether oxygens (including phenoxy) is 1. The van der Waals surface area contributed by atoms with Gasteiger partial charge in [-0.15, -0.1) is 17.0 Å². The van der Waals surface area contributed by atoms with Crippen molar-refractivity contribution in [2.24, 2.45) is 0 Å². The average molecular weight is 370 g/mol. The smallest absolute Gasteiger partial charge is 0.0721 e. The zero-order valence-corrected chi connectivity index (χ0v) is 15.5. The Morgan fingerprint density at radius 2 is 1.82 bits per heavy atom. The van der Waals surface area contributed by atoms with Gasteiger partial charge in [0.2, 0.25) is 0 Å². The molecule has 1 spiro atoms. The first-order valence-corrected chi connectivity index (χ1v) is 8.08. The topological polar surface area (TPSA) is 32.7 Å². The summed E-state index contributed by atoms with van der Waals surface area (Å²) in [7, 11) is 2.17. The SMILES string of the molecule is Br.CC(O)[C@@]1(c2ccccc2)CC2(CCN(C)CC2)O[C@H]1C. The predicted molar refractivity (Wildman–Crippen MR) is 94.7 cm³/mol. The number of piperidine rings is 1. The van der Waals surface area contributed by atoms with Crippen molar-refractivity contribution in [3.8, 4) is 0 Å². The third-order valence-corrected chi connectivity index (χ3v) is 5.72. The van der Waals surface area contributed by atoms with Gasteiger partial charge >= 0.3 is 0 Å². The maximum absolute atomic E-state index is 10.6. The average Bonchev–Trinajstić information content (AvgIpc) is 2.77. The van der Waals surface area contributed by atoms with Gasteiger partial charge in [0, 0.05) is 18.5 Å². The van der Waals surface area contributed by atoms with Crippen LogP contribution in [-0.4, -0.2) is 48.0 Å². The van der Waals surface area contributed by atoms with Crippen LogP contribution >= 0.6 is 17.0 Å². The van der Waals surface area contributed by atoms with E-state index >= 15 is 0 Å². The lowest BCUT2D eigenvalue weighted by Crippen LogP contribution is -2.45. The first-order valence-electron chi connectivity index (χ1n) is 8.08. The zero-order valence-electron chi connectivity index (χ0n) is 13.8. The molecule has 3 atom stereocenters. The van der Waals surface area contributed by atoms with Crippen LogP contribution in [0.25, 0.3) is 0 Å². The number of halogens is 1. The number of hydrogen-bond acceptors (Lipinski definition) is 3. The second-order valence-corrected chi connectivity index (χ2v) is 7.01. The van der Waals surface area contributed by atoms with Gasteiger partial charge < -0.3 is 14.7 Å². The van der Waals surface area contributed by atoms with Crippen molar-refractivity contribution >= 4 is 17.0 Å². The largest absolute Gasteiger partial charge is 0.392 e. The summed E-state index contributed by atoms with van der Waals surface area (Å²) in [4.78, 5) is 2.37. The minimum absolute atomic E-state index is 0. The molecular weight excluding hydrogens is 342 g/mol. The van der Waals surface area contributed by atoms with Crippen LogP contribution in [0.2, 0.25) is 0 Å². The van der Waals surface area contributed by atoms with Crippen molar-refractivity contribution in [1.82, 2.24) is 4.90 Å². The van der Waals surface area contributed by atoms with E-state index in [2.05, 4.69) is 43.1 Å². The number of rotatable bonds is 2. The summed E-state index contributed by atoms with van der Waals surface area (Å²) < 4.78 is 6.48. The molecule has 1 aromatic carbocycles. The Kier molecular flexibility index (Phi) is 5.38. The Hall–Kier alpha value is -0.420. The number of nitrogens with zero attached hydrogens (tertiary/aromatic N) is 1. The predicted octanol–water partition coefficient (Wildman–Crippen LogP) is 3.16. The van der Waals surface area contributed by atoms with Gasteiger partial charge in [0.25, 0.3) is 0 Å². The van der Waals surface area contributed by atoms with Crippen molar-refractivity contribution in [3.63, 3.8) is 0 Å². The van der Waals surface area contributed by atoms with Crippen LogP contribution in [0, 0.1) is 0 Å². The Labute approximate surface area is 144 Å². The van der Waals surface area contributed by atoms with Gasteiger partial charge in [-0.3, -0.25) is 0 Å². The molecule has 1 aromatic rings. The second-order valence-electron chi connectivity index (χ2n) is 7.01. The first-order chi connectivity index (χ1) is 9.98. The van der Waals surface area contributed by atoms with Crippen LogP contribution in [0.5, 0.6) is 0 Å². The lowest BCUT2D eigenvalue weighted by Gasteiger charge is -2.39. The van der Waals surface area contributed by atoms with E-state index in [1.165, 1.54) is 5.56 Å². The maximum Gasteiger partial charge on any atom is 0.0721 e. The Balaban J connectivity index is 0.00000176. The molecule has 1 unspecified atom stereocenters. The Bertz CT molecular complexity index is 485. The zero-order chi connectivity index (χ0) is 15.1. The summed E-state index contributed by atoms with van der Waals surface area (Å²) in [6.45, 7) is 6.21. The van der Waals surface area contributed by atoms with Crippen LogP contribution in [0.4, 0.5) is 0 Å². The van der Waals surface area contributed by atoms with Crippen molar-refractivity contribution in [2.75, 3.05) is 20.1 Å². The number of aliphatic hydroxyl groups is 1. The van der Waals surface area contributed by atoms with Gasteiger partial charge in [-0.2, -0.15) is 0 Å². The molecule has 2 heterocycles. The Morgan fingerprint density at radius 3 is 2.36 bits per heavy atom. The van der Waals surface area contributed by atoms with Crippen LogP contribution in [0.15, 0.2) is 30.3 Å². The van der Waals surface area contributed by atoms with E-state index in [0.29, 0.717) is 0 Å². The van der Waals surface area contributed by atoms with Crippen LogP contribution < -0.4 is 0 Å². The molecule has 0 saturated carbocycles. The molecular formula is C18H28BrNO2. The third-order valence-electron chi connectivity index (χ3n) is 5.72. The summed E-state index contributed by atoms with van der Waals surface area (Å²) in [5.41, 5.74) is 0.874. The highest BCUT2D eigenvalue weighted by Gasteiger charge is 2.57. The van der Waals surface area contributed by atoms with E-state index in [-0.39, 0.29) is 34.1 Å². The summed E-state index contributed by atoms with van der Waals surface area (Å²) in [5, 5.41) is 10.6. The van der Waals surface area contributed by atoms with Gasteiger partial charge in [-0.1, -0.05) is 30.3 Å². The normalized spacial score (nSPS) is 32.6. The fourth-order valence-corrected chi connectivity index (χ4v) is 4.33. The van der Waals surface area contributed by atoms with E-state index in [4.69, 9.17) is 4.74 Å². The second kappa shape index (κ2) is 6.60. The van der Waals surface area contributed by atoms with Gasteiger partial charge in [0.1, 0.15) is 0 Å². The van der Waals surface area contributed by atoms with Gasteiger partial charge in [0.15, 0.2) is 0 Å². The maximum atomic E-state index is 10.6. The molecule has 124 valence electrons. The molecule has 3 rings (SSSR count). The number of hydrogen-bond donors (Lipinski definition) is 1. The number of benzene rings is 1. The number of aliphatic hydroxyl groups excluding tert-OH is 1. The molecule has 0 amide bonds. The molecule has 4 heteroatoms. The summed E-state index contributed by atoms with van der Waals surface area (Å²) >= 11 is 0. The minimum atomic E-state index is -0.408. The Morgan fingerprint density at radius 1 is 1.23 bits per heavy atom. The molecule has 2 fully saturated rings. The molecule has 2 saturated heterocycles. The van der Waals surface area contributed by atoms with E-state index in [1.54, 1.807) is 0 Å². The van der Waals surface area contributed by atoms with Crippen molar-refractivity contribution < 1.29 is 9.84 Å². The monoisotopic (exact) mass is 369 g/mol. The highest BCUT2D eigenvalue weighted by molar-refractivity contribution is 8.93. The highest BCUT2D eigenvalue weighted by atomic mass is 79.9. The minimum Gasteiger partial charge on any atom is -0.392 e. The fraction of sp³-hybridized carbons (Fsp3) is 0.667. The van der Waals surface area contributed by atoms with Gasteiger partial charge in [-0.05, 0) is 45.7 Å². The molecule has 1 N–H and O–H groups in total. The lowest BCUT2D eigenvalue weighted by atomic mass is 9.67. The summed E-state index contributed by atoms with van der Waals surface area (Å²) in [6, 6.07) is 10.4. The summed E-state index contributed by atoms with van der Waals surface area (Å²) in [5.74, 6) is 0. The van der Waals surface area contributed by atoms with Crippen LogP contribution in [-0.2, 0) is 10.2 Å². The molecule has 0 aromatic heterocycles. The standard InChI is InChI=1S/C18H27NO2.BrH/c1-14(20)18(16-7-5-4-6-8-16)13-17(21-15(18)2)9-11-19(3)12-10-17;/h4-8,14-15,20H,9-13H2,1-3H3;1H/t14?,15-,18-;/m0./s1. The highest BCUT2D eigenvalue weighted by Crippen LogP contribution is 2.52. The first kappa shape index (κ1) is 17.9. The molecule has 2 aliphatic rings. The van der Waals surface area contributed by atoms with Crippen LogP contribution in [0.3, 0.4) is 0 Å². The van der Waals surface area contributed by atoms with E-state index in [0.717, 1.165) is 32.4 Å². The van der Waals surface area contributed by atoms with E-state index in [1.807, 2.05) is 13.0 Å². The van der Waals surface area contributed by atoms with Crippen molar-refractivity contribution in [2.45, 2.75) is 56.3 Å². The molecule has 0 aliphatic carbocycles. The third kappa shape index (κ3) is 2.86. The van der Waals surface area contributed by atoms with Gasteiger partial charge in [-0.25, -0.2) is 0 Å². The van der Waals surface area contributed by atoms with Crippen molar-refractivity contribution in [1.29, 1.82) is 0 Å². The lowest BCUT2D eigenvalue weighted by molar-refractivity contribution is -0.0753. The van der Waals surface area contributed by atoms with E-state index < -0.39 is 6.10 Å². The number of likely N-dealkylation sites (tertiary alicyclic amines) is 1. The fourth-order valence-electron chi connectivity index (χ4n) is 4.33. The van der Waals surface area contributed by atoms with Crippen molar-refractivity contribution in [3.05, 3.63) is 35.9 Å². The molecule has 0 bridgehead atoms. The molecule has 2 aliphatic heterocycles. The summed E-state index contributed by atoms with van der Waals surface area (Å²) in [6.07, 6.45) is 2.69. The van der Waals surface area contributed by atoms with E-state index in [9.17, 15) is 5.11 Å². The molecule has 0 radical (unpaired) electrons. The molecule has 3 nitrogen and oxygen atoms in total. The van der Waals surface area contributed by atoms with Crippen LogP contribution in [0.1, 0.15) is 38.7 Å². The van der Waals surface area contributed by atoms with Gasteiger partial charge in [0.05, 0.1) is 17.8 Å². The quantitative estimate of drug-likeness (QED) is 0.868. The molecule has 22 heavy (non-hydrogen) atoms.